The lowest BCUT2D eigenvalue weighted by Gasteiger charge is -2.13. The number of thioether (sulfide) groups is 1. The number of amides is 3. The average molecular weight is 541 g/mol. The molecular weight excluding hydrogens is 523 g/mol. The number of carbonyl (C=O) groups excluding carboxylic acids is 3. The Morgan fingerprint density at radius 3 is 2.50 bits per heavy atom. The molecule has 3 aromatic carbocycles. The molecular formula is C25H18BrFN2O4S. The fourth-order valence-corrected chi connectivity index (χ4v) is 4.36. The predicted octanol–water partition coefficient (Wildman–Crippen LogP) is 5.84. The third-order valence-corrected chi connectivity index (χ3v) is 6.44. The fourth-order valence-electron chi connectivity index (χ4n) is 3.15. The molecule has 1 saturated heterocycles. The number of imide groups is 1. The van der Waals surface area contributed by atoms with Gasteiger partial charge in [-0.05, 0) is 69.7 Å². The van der Waals surface area contributed by atoms with Crippen LogP contribution < -0.4 is 10.1 Å². The fraction of sp³-hybridized carbons (Fsp3) is 0.0800. The highest BCUT2D eigenvalue weighted by molar-refractivity contribution is 9.10. The van der Waals surface area contributed by atoms with E-state index in [1.165, 1.54) is 12.1 Å². The molecule has 0 aliphatic carbocycles. The van der Waals surface area contributed by atoms with Crippen molar-refractivity contribution < 1.29 is 23.5 Å². The van der Waals surface area contributed by atoms with E-state index >= 15 is 0 Å². The molecule has 0 spiro atoms. The second-order valence-electron chi connectivity index (χ2n) is 7.25. The quantitative estimate of drug-likeness (QED) is 0.381. The van der Waals surface area contributed by atoms with Crippen molar-refractivity contribution in [2.45, 2.75) is 6.61 Å². The molecule has 1 heterocycles. The summed E-state index contributed by atoms with van der Waals surface area (Å²) in [5.41, 5.74) is 1.93. The molecule has 172 valence electrons. The summed E-state index contributed by atoms with van der Waals surface area (Å²) in [4.78, 5) is 38.8. The van der Waals surface area contributed by atoms with E-state index in [-0.39, 0.29) is 17.3 Å². The second-order valence-corrected chi connectivity index (χ2v) is 9.10. The van der Waals surface area contributed by atoms with Crippen molar-refractivity contribution in [2.24, 2.45) is 0 Å². The van der Waals surface area contributed by atoms with Gasteiger partial charge in [0.2, 0.25) is 5.91 Å². The highest BCUT2D eigenvalue weighted by Crippen LogP contribution is 2.34. The topological polar surface area (TPSA) is 75.7 Å². The first-order valence-corrected chi connectivity index (χ1v) is 11.8. The van der Waals surface area contributed by atoms with Crippen LogP contribution in [0.15, 0.2) is 82.2 Å². The lowest BCUT2D eigenvalue weighted by molar-refractivity contribution is -0.127. The Morgan fingerprint density at radius 2 is 1.74 bits per heavy atom. The Hall–Kier alpha value is -3.43. The van der Waals surface area contributed by atoms with Gasteiger partial charge >= 0.3 is 0 Å². The third kappa shape index (κ3) is 5.73. The zero-order valence-electron chi connectivity index (χ0n) is 17.7. The minimum atomic E-state index is -0.550. The number of nitrogens with zero attached hydrogens (tertiary/aromatic N) is 1. The van der Waals surface area contributed by atoms with Crippen molar-refractivity contribution in [1.82, 2.24) is 4.90 Å². The van der Waals surface area contributed by atoms with Gasteiger partial charge in [-0.2, -0.15) is 0 Å². The summed E-state index contributed by atoms with van der Waals surface area (Å²) in [6.07, 6.45) is 1.57. The summed E-state index contributed by atoms with van der Waals surface area (Å²) < 4.78 is 19.6. The Bertz CT molecular complexity index is 1280. The summed E-state index contributed by atoms with van der Waals surface area (Å²) in [6.45, 7) is -0.187. The van der Waals surface area contributed by atoms with E-state index in [0.29, 0.717) is 21.5 Å². The maximum absolute atomic E-state index is 13.1. The summed E-state index contributed by atoms with van der Waals surface area (Å²) in [5, 5.41) is 2.16. The van der Waals surface area contributed by atoms with Crippen LogP contribution in [0.1, 0.15) is 11.1 Å². The van der Waals surface area contributed by atoms with Gasteiger partial charge in [-0.25, -0.2) is 4.39 Å². The predicted molar refractivity (Wildman–Crippen MR) is 133 cm³/mol. The first kappa shape index (κ1) is 23.7. The number of carbonyl (C=O) groups is 3. The number of halogens is 2. The van der Waals surface area contributed by atoms with Crippen LogP contribution in [0.2, 0.25) is 0 Å². The van der Waals surface area contributed by atoms with Gasteiger partial charge in [0, 0.05) is 10.0 Å². The van der Waals surface area contributed by atoms with Gasteiger partial charge in [0.15, 0.2) is 0 Å². The Balaban J connectivity index is 1.45. The molecule has 3 aromatic rings. The summed E-state index contributed by atoms with van der Waals surface area (Å²) in [6, 6.07) is 20.1. The van der Waals surface area contributed by atoms with Gasteiger partial charge in [0.05, 0.1) is 10.6 Å². The smallest absolute Gasteiger partial charge is 0.294 e. The van der Waals surface area contributed by atoms with Crippen molar-refractivity contribution in [3.63, 3.8) is 0 Å². The molecule has 0 saturated carbocycles. The number of nitrogens with one attached hydrogen (secondary N) is 1. The standard InChI is InChI=1S/C25H18BrFN2O4S/c26-19-6-2-3-7-20(19)28-23(30)14-29-24(31)22(34-25(29)32)13-17-5-1-4-8-21(17)33-15-16-9-11-18(27)12-10-16/h1-13H,14-15H2,(H,28,30)/b22-13-. The number of anilines is 1. The molecule has 1 N–H and O–H groups in total. The van der Waals surface area contributed by atoms with Crippen LogP contribution in [0.3, 0.4) is 0 Å². The Kier molecular flexibility index (Phi) is 7.44. The SMILES string of the molecule is O=C(CN1C(=O)S/C(=C\c2ccccc2OCc2ccc(F)cc2)C1=O)Nc1ccccc1Br. The molecule has 1 fully saturated rings. The molecule has 0 unspecified atom stereocenters. The normalized spacial score (nSPS) is 14.5. The van der Waals surface area contributed by atoms with Gasteiger partial charge in [-0.15, -0.1) is 0 Å². The Labute approximate surface area is 207 Å². The Morgan fingerprint density at radius 1 is 1.03 bits per heavy atom. The second kappa shape index (κ2) is 10.7. The summed E-state index contributed by atoms with van der Waals surface area (Å²) >= 11 is 4.11. The largest absolute Gasteiger partial charge is 0.488 e. The summed E-state index contributed by atoms with van der Waals surface area (Å²) in [5.74, 6) is -0.862. The van der Waals surface area contributed by atoms with E-state index in [4.69, 9.17) is 4.74 Å². The van der Waals surface area contributed by atoms with E-state index in [0.717, 1.165) is 22.2 Å². The minimum Gasteiger partial charge on any atom is -0.488 e. The average Bonchev–Trinajstić information content (AvgIpc) is 3.08. The lowest BCUT2D eigenvalue weighted by atomic mass is 10.1. The molecule has 9 heteroatoms. The zero-order chi connectivity index (χ0) is 24.1. The number of rotatable bonds is 7. The first-order chi connectivity index (χ1) is 16.4. The van der Waals surface area contributed by atoms with Crippen molar-refractivity contribution in [2.75, 3.05) is 11.9 Å². The van der Waals surface area contributed by atoms with Crippen molar-refractivity contribution in [1.29, 1.82) is 0 Å². The first-order valence-electron chi connectivity index (χ1n) is 10.2. The van der Waals surface area contributed by atoms with Crippen LogP contribution in [0.4, 0.5) is 14.9 Å². The van der Waals surface area contributed by atoms with Crippen LogP contribution >= 0.6 is 27.7 Å². The van der Waals surface area contributed by atoms with Gasteiger partial charge in [-0.1, -0.05) is 42.5 Å². The van der Waals surface area contributed by atoms with Gasteiger partial charge < -0.3 is 10.1 Å². The van der Waals surface area contributed by atoms with E-state index < -0.39 is 23.6 Å². The molecule has 34 heavy (non-hydrogen) atoms. The molecule has 6 nitrogen and oxygen atoms in total. The molecule has 0 atom stereocenters. The highest BCUT2D eigenvalue weighted by Gasteiger charge is 2.36. The van der Waals surface area contributed by atoms with E-state index in [9.17, 15) is 18.8 Å². The van der Waals surface area contributed by atoms with Crippen LogP contribution in [0, 0.1) is 5.82 Å². The monoisotopic (exact) mass is 540 g/mol. The molecule has 1 aliphatic heterocycles. The van der Waals surface area contributed by atoms with Crippen LogP contribution in [-0.2, 0) is 16.2 Å². The number of hydrogen-bond donors (Lipinski definition) is 1. The summed E-state index contributed by atoms with van der Waals surface area (Å²) in [7, 11) is 0. The lowest BCUT2D eigenvalue weighted by Crippen LogP contribution is -2.36. The molecule has 3 amide bonds. The number of ether oxygens (including phenoxy) is 1. The van der Waals surface area contributed by atoms with Gasteiger partial charge in [0.25, 0.3) is 11.1 Å². The molecule has 4 rings (SSSR count). The molecule has 0 bridgehead atoms. The van der Waals surface area contributed by atoms with E-state index in [1.54, 1.807) is 60.7 Å². The van der Waals surface area contributed by atoms with Crippen LogP contribution in [-0.4, -0.2) is 28.5 Å². The zero-order valence-corrected chi connectivity index (χ0v) is 20.1. The van der Waals surface area contributed by atoms with Crippen molar-refractivity contribution in [3.05, 3.63) is 99.1 Å². The third-order valence-electron chi connectivity index (χ3n) is 4.84. The van der Waals surface area contributed by atoms with E-state index in [1.807, 2.05) is 6.07 Å². The number of para-hydroxylation sites is 2. The number of benzene rings is 3. The number of hydrogen-bond acceptors (Lipinski definition) is 5. The van der Waals surface area contributed by atoms with E-state index in [2.05, 4.69) is 21.2 Å². The molecule has 1 aliphatic rings. The van der Waals surface area contributed by atoms with Crippen LogP contribution in [0.5, 0.6) is 5.75 Å². The molecule has 0 aromatic heterocycles. The highest BCUT2D eigenvalue weighted by atomic mass is 79.9. The molecule has 0 radical (unpaired) electrons. The minimum absolute atomic E-state index is 0.191. The maximum Gasteiger partial charge on any atom is 0.294 e. The van der Waals surface area contributed by atoms with Gasteiger partial charge in [-0.3, -0.25) is 19.3 Å². The van der Waals surface area contributed by atoms with Crippen molar-refractivity contribution in [3.8, 4) is 5.75 Å². The maximum atomic E-state index is 13.1. The van der Waals surface area contributed by atoms with Crippen LogP contribution in [0.25, 0.3) is 6.08 Å². The van der Waals surface area contributed by atoms with Crippen molar-refractivity contribution >= 4 is 56.5 Å². The van der Waals surface area contributed by atoms with Gasteiger partial charge in [0.1, 0.15) is 24.7 Å².